The van der Waals surface area contributed by atoms with Crippen molar-refractivity contribution in [1.29, 1.82) is 0 Å². The van der Waals surface area contributed by atoms with Gasteiger partial charge in [-0.1, -0.05) is 29.3 Å². The minimum atomic E-state index is -0.849. The Morgan fingerprint density at radius 2 is 1.71 bits per heavy atom. The lowest BCUT2D eigenvalue weighted by molar-refractivity contribution is 0.468. The predicted octanol–water partition coefficient (Wildman–Crippen LogP) is 4.86. The van der Waals surface area contributed by atoms with Gasteiger partial charge < -0.3 is 4.74 Å². The number of hydrogen-bond donors (Lipinski definition) is 0. The molecular formula is C12H5Cl2F2O. The van der Waals surface area contributed by atoms with E-state index in [2.05, 4.69) is 0 Å². The van der Waals surface area contributed by atoms with Crippen molar-refractivity contribution in [1.82, 2.24) is 0 Å². The van der Waals surface area contributed by atoms with Crippen molar-refractivity contribution >= 4 is 23.2 Å². The van der Waals surface area contributed by atoms with Gasteiger partial charge >= 0.3 is 0 Å². The van der Waals surface area contributed by atoms with Crippen LogP contribution in [0, 0.1) is 17.7 Å². The second kappa shape index (κ2) is 4.90. The zero-order chi connectivity index (χ0) is 12.4. The van der Waals surface area contributed by atoms with Crippen molar-refractivity contribution in [2.45, 2.75) is 0 Å². The molecule has 0 fully saturated rings. The molecule has 0 saturated carbocycles. The van der Waals surface area contributed by atoms with Crippen LogP contribution in [0.5, 0.6) is 11.5 Å². The van der Waals surface area contributed by atoms with E-state index < -0.39 is 11.6 Å². The largest absolute Gasteiger partial charge is 0.456 e. The monoisotopic (exact) mass is 273 g/mol. The van der Waals surface area contributed by atoms with Crippen molar-refractivity contribution < 1.29 is 13.5 Å². The molecule has 0 aliphatic heterocycles. The Hall–Kier alpha value is -1.32. The van der Waals surface area contributed by atoms with E-state index in [1.165, 1.54) is 0 Å². The number of ether oxygens (including phenoxy) is 1. The molecule has 0 aromatic heterocycles. The minimum absolute atomic E-state index is 0.0112. The molecule has 87 valence electrons. The maximum Gasteiger partial charge on any atom is 0.147 e. The molecular weight excluding hydrogens is 269 g/mol. The van der Waals surface area contributed by atoms with Gasteiger partial charge in [0, 0.05) is 12.1 Å². The van der Waals surface area contributed by atoms with Gasteiger partial charge in [0.2, 0.25) is 0 Å². The van der Waals surface area contributed by atoms with Crippen LogP contribution in [-0.4, -0.2) is 0 Å². The molecule has 0 spiro atoms. The molecule has 0 atom stereocenters. The predicted molar refractivity (Wildman–Crippen MR) is 61.7 cm³/mol. The van der Waals surface area contributed by atoms with Crippen LogP contribution in [0.1, 0.15) is 0 Å². The SMILES string of the molecule is Fc1[c]c(F)cc(Oc2cccc(Cl)c2Cl)c1. The summed E-state index contributed by atoms with van der Waals surface area (Å²) in [6, 6.07) is 8.59. The summed E-state index contributed by atoms with van der Waals surface area (Å²) in [5.74, 6) is -1.48. The molecule has 5 heteroatoms. The fourth-order valence-electron chi connectivity index (χ4n) is 1.23. The Balaban J connectivity index is 2.34. The van der Waals surface area contributed by atoms with Crippen LogP contribution < -0.4 is 4.74 Å². The first-order valence-corrected chi connectivity index (χ1v) is 5.32. The van der Waals surface area contributed by atoms with Gasteiger partial charge in [-0.3, -0.25) is 0 Å². The van der Waals surface area contributed by atoms with Crippen molar-refractivity contribution in [3.05, 3.63) is 58.1 Å². The Morgan fingerprint density at radius 1 is 1.06 bits per heavy atom. The lowest BCUT2D eigenvalue weighted by Gasteiger charge is -2.08. The lowest BCUT2D eigenvalue weighted by atomic mass is 10.3. The van der Waals surface area contributed by atoms with Crippen molar-refractivity contribution in [3.63, 3.8) is 0 Å². The molecule has 1 radical (unpaired) electrons. The third-order valence-corrected chi connectivity index (χ3v) is 2.72. The zero-order valence-corrected chi connectivity index (χ0v) is 9.82. The lowest BCUT2D eigenvalue weighted by Crippen LogP contribution is -1.89. The first-order chi connectivity index (χ1) is 8.06. The van der Waals surface area contributed by atoms with E-state index in [0.717, 1.165) is 12.1 Å². The van der Waals surface area contributed by atoms with Crippen LogP contribution in [0.25, 0.3) is 0 Å². The summed E-state index contributed by atoms with van der Waals surface area (Å²) < 4.78 is 31.0. The second-order valence-corrected chi connectivity index (χ2v) is 3.95. The van der Waals surface area contributed by atoms with E-state index in [4.69, 9.17) is 27.9 Å². The van der Waals surface area contributed by atoms with Gasteiger partial charge in [-0.05, 0) is 12.1 Å². The van der Waals surface area contributed by atoms with Gasteiger partial charge in [0.25, 0.3) is 0 Å². The van der Waals surface area contributed by atoms with Gasteiger partial charge in [0.05, 0.1) is 11.1 Å². The molecule has 0 aliphatic rings. The summed E-state index contributed by atoms with van der Waals surface area (Å²) in [6.45, 7) is 0. The highest BCUT2D eigenvalue weighted by Crippen LogP contribution is 2.34. The van der Waals surface area contributed by atoms with Gasteiger partial charge in [-0.25, -0.2) is 8.78 Å². The van der Waals surface area contributed by atoms with E-state index in [9.17, 15) is 8.78 Å². The number of benzene rings is 2. The average molecular weight is 274 g/mol. The molecule has 0 N–H and O–H groups in total. The summed E-state index contributed by atoms with van der Waals surface area (Å²) in [5, 5.41) is 0.482. The molecule has 2 aromatic rings. The molecule has 2 rings (SSSR count). The van der Waals surface area contributed by atoms with E-state index in [0.29, 0.717) is 5.02 Å². The molecule has 0 bridgehead atoms. The quantitative estimate of drug-likeness (QED) is 0.759. The van der Waals surface area contributed by atoms with Crippen LogP contribution >= 0.6 is 23.2 Å². The zero-order valence-electron chi connectivity index (χ0n) is 8.31. The maximum absolute atomic E-state index is 12.9. The van der Waals surface area contributed by atoms with Crippen LogP contribution in [0.15, 0.2) is 30.3 Å². The average Bonchev–Trinajstić information content (AvgIpc) is 2.23. The Labute approximate surface area is 107 Å². The molecule has 17 heavy (non-hydrogen) atoms. The van der Waals surface area contributed by atoms with Crippen molar-refractivity contribution in [2.24, 2.45) is 0 Å². The normalized spacial score (nSPS) is 10.4. The molecule has 0 saturated heterocycles. The summed E-state index contributed by atoms with van der Waals surface area (Å²) >= 11 is 11.6. The van der Waals surface area contributed by atoms with Gasteiger partial charge in [0.1, 0.15) is 28.2 Å². The van der Waals surface area contributed by atoms with Crippen LogP contribution in [0.4, 0.5) is 8.78 Å². The Bertz CT molecular complexity index is 538. The molecule has 0 unspecified atom stereocenters. The van der Waals surface area contributed by atoms with Crippen LogP contribution in [-0.2, 0) is 0 Å². The highest BCUT2D eigenvalue weighted by Gasteiger charge is 2.08. The summed E-state index contributed by atoms with van der Waals surface area (Å²) in [4.78, 5) is 0. The Morgan fingerprint density at radius 3 is 2.35 bits per heavy atom. The molecule has 0 amide bonds. The molecule has 1 nitrogen and oxygen atoms in total. The second-order valence-electron chi connectivity index (χ2n) is 3.17. The number of rotatable bonds is 2. The fraction of sp³-hybridized carbons (Fsp3) is 0. The van der Waals surface area contributed by atoms with Crippen molar-refractivity contribution in [2.75, 3.05) is 0 Å². The fourth-order valence-corrected chi connectivity index (χ4v) is 1.56. The highest BCUT2D eigenvalue weighted by atomic mass is 35.5. The standard InChI is InChI=1S/C12H5Cl2F2O/c13-10-2-1-3-11(12(10)14)17-9-5-7(15)4-8(16)6-9/h1-3,5-6H. The first kappa shape index (κ1) is 12.1. The number of hydrogen-bond acceptors (Lipinski definition) is 1. The van der Waals surface area contributed by atoms with Crippen LogP contribution in [0.2, 0.25) is 10.0 Å². The topological polar surface area (TPSA) is 9.23 Å². The summed E-state index contributed by atoms with van der Waals surface area (Å²) in [6.07, 6.45) is 0. The van der Waals surface area contributed by atoms with Gasteiger partial charge in [-0.15, -0.1) is 0 Å². The van der Waals surface area contributed by atoms with Gasteiger partial charge in [-0.2, -0.15) is 0 Å². The third kappa shape index (κ3) is 2.87. The van der Waals surface area contributed by atoms with Crippen LogP contribution in [0.3, 0.4) is 0 Å². The number of halogens is 4. The highest BCUT2D eigenvalue weighted by molar-refractivity contribution is 6.42. The van der Waals surface area contributed by atoms with Gasteiger partial charge in [0.15, 0.2) is 0 Å². The molecule has 0 heterocycles. The Kier molecular flexibility index (Phi) is 3.50. The minimum Gasteiger partial charge on any atom is -0.456 e. The van der Waals surface area contributed by atoms with E-state index in [-0.39, 0.29) is 16.5 Å². The smallest absolute Gasteiger partial charge is 0.147 e. The first-order valence-electron chi connectivity index (χ1n) is 4.56. The van der Waals surface area contributed by atoms with E-state index in [1.807, 2.05) is 6.07 Å². The van der Waals surface area contributed by atoms with Crippen molar-refractivity contribution in [3.8, 4) is 11.5 Å². The van der Waals surface area contributed by atoms with E-state index in [1.54, 1.807) is 18.2 Å². The van der Waals surface area contributed by atoms with E-state index >= 15 is 0 Å². The maximum atomic E-state index is 12.9. The molecule has 0 aliphatic carbocycles. The molecule has 2 aromatic carbocycles. The summed E-state index contributed by atoms with van der Waals surface area (Å²) in [7, 11) is 0. The third-order valence-electron chi connectivity index (χ3n) is 1.92. The summed E-state index contributed by atoms with van der Waals surface area (Å²) in [5.41, 5.74) is 0.